The van der Waals surface area contributed by atoms with Gasteiger partial charge in [0.05, 0.1) is 19.4 Å². The summed E-state index contributed by atoms with van der Waals surface area (Å²) >= 11 is 0. The molecule has 0 aromatic heterocycles. The van der Waals surface area contributed by atoms with Crippen LogP contribution in [0.3, 0.4) is 0 Å². The van der Waals surface area contributed by atoms with Crippen LogP contribution in [0.25, 0.3) is 0 Å². The number of hydrogen-bond acceptors (Lipinski definition) is 5. The van der Waals surface area contributed by atoms with Gasteiger partial charge >= 0.3 is 18.0 Å². The van der Waals surface area contributed by atoms with Crippen LogP contribution in [0.15, 0.2) is 0 Å². The maximum Gasteiger partial charge on any atom is 0.326 e. The lowest BCUT2D eigenvalue weighted by Crippen LogP contribution is -2.51. The Morgan fingerprint density at radius 3 is 2.33 bits per heavy atom. The fourth-order valence-corrected chi connectivity index (χ4v) is 2.13. The molecule has 0 aliphatic carbocycles. The lowest BCUT2D eigenvalue weighted by molar-refractivity contribution is -0.146. The van der Waals surface area contributed by atoms with Crippen LogP contribution in [0.4, 0.5) is 4.79 Å². The highest BCUT2D eigenvalue weighted by Crippen LogP contribution is 2.18. The van der Waals surface area contributed by atoms with E-state index < -0.39 is 30.4 Å². The number of carboxylic acid groups (broad SMARTS) is 1. The number of ether oxygens (including phenoxy) is 1. The second kappa shape index (κ2) is 7.46. The molecular weight excluding hydrogens is 282 g/mol. The summed E-state index contributed by atoms with van der Waals surface area (Å²) in [4.78, 5) is 46.4. The first-order chi connectivity index (χ1) is 9.85. The van der Waals surface area contributed by atoms with Crippen molar-refractivity contribution >= 4 is 23.9 Å². The summed E-state index contributed by atoms with van der Waals surface area (Å²) in [6, 6.07) is -1.94. The molecular formula is C12H19N3O6. The summed E-state index contributed by atoms with van der Waals surface area (Å²) < 4.78 is 4.64. The van der Waals surface area contributed by atoms with E-state index in [9.17, 15) is 19.2 Å². The van der Waals surface area contributed by atoms with Crippen molar-refractivity contribution < 1.29 is 29.0 Å². The van der Waals surface area contributed by atoms with Crippen molar-refractivity contribution in [2.75, 3.05) is 20.2 Å². The molecule has 0 saturated carbocycles. The molecule has 1 atom stereocenters. The zero-order valence-corrected chi connectivity index (χ0v) is 11.7. The Morgan fingerprint density at radius 1 is 1.33 bits per heavy atom. The maximum atomic E-state index is 11.9. The van der Waals surface area contributed by atoms with E-state index in [1.807, 2.05) is 0 Å². The van der Waals surface area contributed by atoms with E-state index in [0.29, 0.717) is 25.9 Å². The zero-order valence-electron chi connectivity index (χ0n) is 11.7. The smallest absolute Gasteiger partial charge is 0.326 e. The molecule has 4 N–H and O–H groups in total. The van der Waals surface area contributed by atoms with Gasteiger partial charge in [0.2, 0.25) is 5.91 Å². The average molecular weight is 301 g/mol. The number of amides is 3. The second-order valence-corrected chi connectivity index (χ2v) is 4.80. The van der Waals surface area contributed by atoms with Crippen LogP contribution in [0.1, 0.15) is 19.3 Å². The van der Waals surface area contributed by atoms with Gasteiger partial charge in [0.1, 0.15) is 6.04 Å². The molecule has 1 rings (SSSR count). The number of likely N-dealkylation sites (tertiary alicyclic amines) is 1. The molecule has 0 unspecified atom stereocenters. The predicted octanol–water partition coefficient (Wildman–Crippen LogP) is -1.09. The highest BCUT2D eigenvalue weighted by molar-refractivity contribution is 5.87. The molecule has 1 fully saturated rings. The number of aliphatic carboxylic acids is 1. The van der Waals surface area contributed by atoms with Crippen LogP contribution < -0.4 is 11.1 Å². The van der Waals surface area contributed by atoms with Gasteiger partial charge in [-0.25, -0.2) is 9.59 Å². The molecule has 1 heterocycles. The summed E-state index contributed by atoms with van der Waals surface area (Å²) in [7, 11) is 1.31. The standard InChI is InChI=1S/C12H19N3O6/c1-21-11(19)7-2-4-15(5-3-7)12(20)14-8(10(17)18)6-9(13)16/h7-8H,2-6H2,1H3,(H2,13,16)(H,14,20)(H,17,18)/t8-/m0/s1. The van der Waals surface area contributed by atoms with Gasteiger partial charge in [0, 0.05) is 13.1 Å². The van der Waals surface area contributed by atoms with Crippen molar-refractivity contribution in [3.8, 4) is 0 Å². The van der Waals surface area contributed by atoms with Crippen LogP contribution in [0.5, 0.6) is 0 Å². The minimum Gasteiger partial charge on any atom is -0.480 e. The molecule has 0 radical (unpaired) electrons. The van der Waals surface area contributed by atoms with Crippen molar-refractivity contribution in [1.82, 2.24) is 10.2 Å². The Labute approximate surface area is 121 Å². The number of nitrogens with one attached hydrogen (secondary N) is 1. The number of carbonyl (C=O) groups is 4. The van der Waals surface area contributed by atoms with Gasteiger partial charge in [-0.3, -0.25) is 9.59 Å². The van der Waals surface area contributed by atoms with E-state index in [4.69, 9.17) is 10.8 Å². The van der Waals surface area contributed by atoms with Crippen molar-refractivity contribution in [1.29, 1.82) is 0 Å². The topological polar surface area (TPSA) is 139 Å². The fourth-order valence-electron chi connectivity index (χ4n) is 2.13. The Hall–Kier alpha value is -2.32. The number of primary amides is 1. The molecule has 0 aromatic rings. The summed E-state index contributed by atoms with van der Waals surface area (Å²) in [5.74, 6) is -2.70. The Balaban J connectivity index is 2.51. The van der Waals surface area contributed by atoms with E-state index in [2.05, 4.69) is 10.1 Å². The molecule has 0 bridgehead atoms. The van der Waals surface area contributed by atoms with Crippen LogP contribution in [0, 0.1) is 5.92 Å². The minimum atomic E-state index is -1.35. The van der Waals surface area contributed by atoms with Gasteiger partial charge < -0.3 is 25.8 Å². The number of nitrogens with zero attached hydrogens (tertiary/aromatic N) is 1. The van der Waals surface area contributed by atoms with Crippen LogP contribution >= 0.6 is 0 Å². The summed E-state index contributed by atoms with van der Waals surface area (Å²) in [6.45, 7) is 0.628. The van der Waals surface area contributed by atoms with Gasteiger partial charge in [-0.15, -0.1) is 0 Å². The number of esters is 1. The highest BCUT2D eigenvalue weighted by Gasteiger charge is 2.30. The number of urea groups is 1. The van der Waals surface area contributed by atoms with E-state index in [0.717, 1.165) is 0 Å². The van der Waals surface area contributed by atoms with E-state index in [-0.39, 0.29) is 11.9 Å². The number of carbonyl (C=O) groups excluding carboxylic acids is 3. The SMILES string of the molecule is COC(=O)C1CCN(C(=O)N[C@@H](CC(N)=O)C(=O)O)CC1. The predicted molar refractivity (Wildman–Crippen MR) is 70.1 cm³/mol. The molecule has 1 aliphatic heterocycles. The van der Waals surface area contributed by atoms with Gasteiger partial charge in [-0.2, -0.15) is 0 Å². The number of carboxylic acids is 1. The van der Waals surface area contributed by atoms with Crippen molar-refractivity contribution in [2.24, 2.45) is 11.7 Å². The molecule has 9 heteroatoms. The highest BCUT2D eigenvalue weighted by atomic mass is 16.5. The molecule has 118 valence electrons. The number of nitrogens with two attached hydrogens (primary N) is 1. The minimum absolute atomic E-state index is 0.250. The molecule has 1 saturated heterocycles. The lowest BCUT2D eigenvalue weighted by Gasteiger charge is -2.31. The van der Waals surface area contributed by atoms with Crippen molar-refractivity contribution in [2.45, 2.75) is 25.3 Å². The van der Waals surface area contributed by atoms with Crippen LogP contribution in [-0.2, 0) is 19.1 Å². The first kappa shape index (κ1) is 16.7. The van der Waals surface area contributed by atoms with Crippen LogP contribution in [0.2, 0.25) is 0 Å². The van der Waals surface area contributed by atoms with E-state index in [1.165, 1.54) is 12.0 Å². The Bertz CT molecular complexity index is 431. The second-order valence-electron chi connectivity index (χ2n) is 4.80. The molecule has 0 spiro atoms. The average Bonchev–Trinajstić information content (AvgIpc) is 2.45. The van der Waals surface area contributed by atoms with Gasteiger partial charge in [-0.05, 0) is 12.8 Å². The third kappa shape index (κ3) is 4.93. The van der Waals surface area contributed by atoms with Gasteiger partial charge in [-0.1, -0.05) is 0 Å². The van der Waals surface area contributed by atoms with Crippen molar-refractivity contribution in [3.63, 3.8) is 0 Å². The number of rotatable bonds is 5. The molecule has 21 heavy (non-hydrogen) atoms. The number of piperidine rings is 1. The molecule has 3 amide bonds. The van der Waals surface area contributed by atoms with Gasteiger partial charge in [0.15, 0.2) is 0 Å². The summed E-state index contributed by atoms with van der Waals surface area (Å²) in [5.41, 5.74) is 4.93. The van der Waals surface area contributed by atoms with Gasteiger partial charge in [0.25, 0.3) is 0 Å². The number of hydrogen-bond donors (Lipinski definition) is 3. The maximum absolute atomic E-state index is 11.9. The molecule has 9 nitrogen and oxygen atoms in total. The first-order valence-corrected chi connectivity index (χ1v) is 6.49. The molecule has 0 aromatic carbocycles. The van der Waals surface area contributed by atoms with E-state index in [1.54, 1.807) is 0 Å². The third-order valence-electron chi connectivity index (χ3n) is 3.32. The normalized spacial score (nSPS) is 16.9. The lowest BCUT2D eigenvalue weighted by atomic mass is 9.97. The van der Waals surface area contributed by atoms with E-state index >= 15 is 0 Å². The Kier molecular flexibility index (Phi) is 5.94. The first-order valence-electron chi connectivity index (χ1n) is 6.49. The largest absolute Gasteiger partial charge is 0.480 e. The summed E-state index contributed by atoms with van der Waals surface area (Å²) in [5, 5.41) is 11.2. The Morgan fingerprint density at radius 2 is 1.90 bits per heavy atom. The third-order valence-corrected chi connectivity index (χ3v) is 3.32. The summed E-state index contributed by atoms with van der Waals surface area (Å²) in [6.07, 6.45) is 0.432. The molecule has 1 aliphatic rings. The monoisotopic (exact) mass is 301 g/mol. The van der Waals surface area contributed by atoms with Crippen LogP contribution in [-0.4, -0.2) is 60.1 Å². The quantitative estimate of drug-likeness (QED) is 0.551. The zero-order chi connectivity index (χ0) is 16.0. The van der Waals surface area contributed by atoms with Crippen molar-refractivity contribution in [3.05, 3.63) is 0 Å². The fraction of sp³-hybridized carbons (Fsp3) is 0.667. The number of methoxy groups -OCH3 is 1.